The minimum Gasteiger partial charge on any atom is -0.488 e. The summed E-state index contributed by atoms with van der Waals surface area (Å²) in [6, 6.07) is 5.14. The van der Waals surface area contributed by atoms with Crippen molar-refractivity contribution in [2.24, 2.45) is 0 Å². The van der Waals surface area contributed by atoms with Gasteiger partial charge in [-0.05, 0) is 24.0 Å². The summed E-state index contributed by atoms with van der Waals surface area (Å²) in [5, 5.41) is 18.0. The summed E-state index contributed by atoms with van der Waals surface area (Å²) in [6.07, 6.45) is 1.02. The van der Waals surface area contributed by atoms with Gasteiger partial charge in [-0.15, -0.1) is 0 Å². The molecular formula is C11H15BO4. The lowest BCUT2D eigenvalue weighted by molar-refractivity contribution is 0.141. The molecule has 2 rings (SSSR count). The number of hydrogen-bond acceptors (Lipinski definition) is 4. The first-order chi connectivity index (χ1) is 7.66. The average molecular weight is 222 g/mol. The van der Waals surface area contributed by atoms with Crippen LogP contribution in [0.3, 0.4) is 0 Å². The van der Waals surface area contributed by atoms with E-state index >= 15 is 0 Å². The van der Waals surface area contributed by atoms with E-state index in [4.69, 9.17) is 19.5 Å². The van der Waals surface area contributed by atoms with Crippen LogP contribution in [0.25, 0.3) is 0 Å². The first-order valence-electron chi connectivity index (χ1n) is 5.38. The third-order valence-corrected chi connectivity index (χ3v) is 2.68. The van der Waals surface area contributed by atoms with Crippen molar-refractivity contribution in [1.82, 2.24) is 0 Å². The van der Waals surface area contributed by atoms with E-state index in [1.807, 2.05) is 6.92 Å². The standard InChI is InChI=1S/C11H15BO4/c1-8-6-9(12(13)14)2-3-11(8)16-10-4-5-15-7-10/h2-3,6,10,13-14H,4-5,7H2,1H3/t10-/m0/s1. The predicted octanol–water partition coefficient (Wildman–Crippen LogP) is -0.157. The summed E-state index contributed by atoms with van der Waals surface area (Å²) in [7, 11) is -1.43. The summed E-state index contributed by atoms with van der Waals surface area (Å²) in [5.41, 5.74) is 1.38. The highest BCUT2D eigenvalue weighted by atomic mass is 16.5. The highest BCUT2D eigenvalue weighted by molar-refractivity contribution is 6.58. The first-order valence-corrected chi connectivity index (χ1v) is 5.38. The lowest BCUT2D eigenvalue weighted by atomic mass is 9.79. The molecule has 86 valence electrons. The maximum absolute atomic E-state index is 9.02. The van der Waals surface area contributed by atoms with Crippen LogP contribution >= 0.6 is 0 Å². The molecule has 0 radical (unpaired) electrons. The zero-order valence-corrected chi connectivity index (χ0v) is 9.22. The summed E-state index contributed by atoms with van der Waals surface area (Å²) in [5.74, 6) is 0.778. The zero-order valence-electron chi connectivity index (χ0n) is 9.22. The minimum absolute atomic E-state index is 0.114. The summed E-state index contributed by atoms with van der Waals surface area (Å²) < 4.78 is 11.0. The van der Waals surface area contributed by atoms with E-state index in [0.717, 1.165) is 24.3 Å². The molecule has 0 saturated carbocycles. The van der Waals surface area contributed by atoms with Crippen molar-refractivity contribution >= 4 is 12.6 Å². The van der Waals surface area contributed by atoms with Gasteiger partial charge in [0.1, 0.15) is 11.9 Å². The Labute approximate surface area is 95.0 Å². The highest BCUT2D eigenvalue weighted by Gasteiger charge is 2.19. The fraction of sp³-hybridized carbons (Fsp3) is 0.455. The first kappa shape index (κ1) is 11.5. The average Bonchev–Trinajstić information content (AvgIpc) is 2.73. The Morgan fingerprint density at radius 1 is 1.44 bits per heavy atom. The Morgan fingerprint density at radius 3 is 2.81 bits per heavy atom. The lowest BCUT2D eigenvalue weighted by Gasteiger charge is -2.14. The van der Waals surface area contributed by atoms with Crippen molar-refractivity contribution in [3.8, 4) is 5.75 Å². The summed E-state index contributed by atoms with van der Waals surface area (Å²) >= 11 is 0. The van der Waals surface area contributed by atoms with Crippen LogP contribution in [0.5, 0.6) is 5.75 Å². The molecule has 4 nitrogen and oxygen atoms in total. The summed E-state index contributed by atoms with van der Waals surface area (Å²) in [4.78, 5) is 0. The second kappa shape index (κ2) is 4.87. The molecule has 5 heteroatoms. The van der Waals surface area contributed by atoms with Crippen LogP contribution in [-0.2, 0) is 4.74 Å². The fourth-order valence-electron chi connectivity index (χ4n) is 1.75. The van der Waals surface area contributed by atoms with Gasteiger partial charge in [-0.2, -0.15) is 0 Å². The molecule has 1 atom stereocenters. The maximum atomic E-state index is 9.02. The van der Waals surface area contributed by atoms with Crippen LogP contribution < -0.4 is 10.2 Å². The molecule has 0 bridgehead atoms. The third kappa shape index (κ3) is 2.55. The Balaban J connectivity index is 2.09. The fourth-order valence-corrected chi connectivity index (χ4v) is 1.75. The predicted molar refractivity (Wildman–Crippen MR) is 60.9 cm³/mol. The van der Waals surface area contributed by atoms with Crippen LogP contribution in [0.15, 0.2) is 18.2 Å². The monoisotopic (exact) mass is 222 g/mol. The van der Waals surface area contributed by atoms with Crippen LogP contribution in [0.4, 0.5) is 0 Å². The van der Waals surface area contributed by atoms with Gasteiger partial charge in [-0.1, -0.05) is 12.1 Å². The lowest BCUT2D eigenvalue weighted by Crippen LogP contribution is -2.30. The molecule has 0 aromatic heterocycles. The van der Waals surface area contributed by atoms with E-state index in [0.29, 0.717) is 12.1 Å². The Morgan fingerprint density at radius 2 is 2.25 bits per heavy atom. The van der Waals surface area contributed by atoms with Crippen LogP contribution in [0.1, 0.15) is 12.0 Å². The quantitative estimate of drug-likeness (QED) is 0.698. The summed E-state index contributed by atoms with van der Waals surface area (Å²) in [6.45, 7) is 3.26. The second-order valence-electron chi connectivity index (χ2n) is 4.00. The maximum Gasteiger partial charge on any atom is 0.488 e. The molecule has 16 heavy (non-hydrogen) atoms. The van der Waals surface area contributed by atoms with Crippen molar-refractivity contribution in [1.29, 1.82) is 0 Å². The van der Waals surface area contributed by atoms with E-state index < -0.39 is 7.12 Å². The van der Waals surface area contributed by atoms with Gasteiger partial charge in [0.25, 0.3) is 0 Å². The van der Waals surface area contributed by atoms with Gasteiger partial charge in [0, 0.05) is 6.42 Å². The molecule has 0 aliphatic carbocycles. The van der Waals surface area contributed by atoms with E-state index in [1.54, 1.807) is 18.2 Å². The molecule has 0 spiro atoms. The van der Waals surface area contributed by atoms with E-state index in [9.17, 15) is 0 Å². The number of rotatable bonds is 3. The topological polar surface area (TPSA) is 58.9 Å². The van der Waals surface area contributed by atoms with E-state index in [1.165, 1.54) is 0 Å². The molecule has 1 fully saturated rings. The van der Waals surface area contributed by atoms with Crippen molar-refractivity contribution in [2.75, 3.05) is 13.2 Å². The van der Waals surface area contributed by atoms with Crippen molar-refractivity contribution in [2.45, 2.75) is 19.4 Å². The number of benzene rings is 1. The number of aryl methyl sites for hydroxylation is 1. The van der Waals surface area contributed by atoms with Gasteiger partial charge >= 0.3 is 7.12 Å². The van der Waals surface area contributed by atoms with Gasteiger partial charge < -0.3 is 19.5 Å². The van der Waals surface area contributed by atoms with E-state index in [-0.39, 0.29) is 6.10 Å². The largest absolute Gasteiger partial charge is 0.488 e. The Hall–Kier alpha value is -1.04. The molecular weight excluding hydrogens is 207 g/mol. The molecule has 2 N–H and O–H groups in total. The van der Waals surface area contributed by atoms with Gasteiger partial charge in [0.05, 0.1) is 13.2 Å². The van der Waals surface area contributed by atoms with Gasteiger partial charge in [-0.3, -0.25) is 0 Å². The van der Waals surface area contributed by atoms with E-state index in [2.05, 4.69) is 0 Å². The van der Waals surface area contributed by atoms with Crippen LogP contribution in [0.2, 0.25) is 0 Å². The molecule has 1 aliphatic heterocycles. The van der Waals surface area contributed by atoms with Gasteiger partial charge in [-0.25, -0.2) is 0 Å². The number of hydrogen-bond donors (Lipinski definition) is 2. The molecule has 1 aromatic carbocycles. The normalized spacial score (nSPS) is 19.8. The second-order valence-corrected chi connectivity index (χ2v) is 4.00. The Bertz CT molecular complexity index is 361. The molecule has 0 unspecified atom stereocenters. The molecule has 1 aromatic rings. The van der Waals surface area contributed by atoms with Crippen molar-refractivity contribution < 1.29 is 19.5 Å². The molecule has 1 heterocycles. The SMILES string of the molecule is Cc1cc(B(O)O)ccc1O[C@H]1CCOC1. The zero-order chi connectivity index (χ0) is 11.5. The molecule has 1 saturated heterocycles. The smallest absolute Gasteiger partial charge is 0.488 e. The number of ether oxygens (including phenoxy) is 2. The van der Waals surface area contributed by atoms with Gasteiger partial charge in [0.2, 0.25) is 0 Å². The molecule has 1 aliphatic rings. The van der Waals surface area contributed by atoms with Crippen molar-refractivity contribution in [3.63, 3.8) is 0 Å². The van der Waals surface area contributed by atoms with Crippen LogP contribution in [-0.4, -0.2) is 36.5 Å². The molecule has 0 amide bonds. The van der Waals surface area contributed by atoms with Crippen LogP contribution in [0, 0.1) is 6.92 Å². The Kier molecular flexibility index (Phi) is 3.48. The third-order valence-electron chi connectivity index (χ3n) is 2.68. The van der Waals surface area contributed by atoms with Gasteiger partial charge in [0.15, 0.2) is 0 Å². The minimum atomic E-state index is -1.43. The van der Waals surface area contributed by atoms with Crippen molar-refractivity contribution in [3.05, 3.63) is 23.8 Å². The highest BCUT2D eigenvalue weighted by Crippen LogP contribution is 2.20.